The van der Waals surface area contributed by atoms with Crippen molar-refractivity contribution >= 4 is 62.8 Å². The zero-order valence-corrected chi connectivity index (χ0v) is 33.8. The van der Waals surface area contributed by atoms with Crippen LogP contribution in [-0.2, 0) is 19.1 Å². The number of halogens is 1. The van der Waals surface area contributed by atoms with Gasteiger partial charge in [0, 0.05) is 29.8 Å². The number of benzene rings is 1. The summed E-state index contributed by atoms with van der Waals surface area (Å²) in [5, 5.41) is 29.4. The van der Waals surface area contributed by atoms with Crippen molar-refractivity contribution in [2.45, 2.75) is 103 Å². The Labute approximate surface area is 333 Å². The van der Waals surface area contributed by atoms with Crippen molar-refractivity contribution in [3.63, 3.8) is 0 Å². The number of fused-ring (bicyclic) bond motifs is 2. The highest BCUT2D eigenvalue weighted by atomic mass is 35.5. The van der Waals surface area contributed by atoms with Crippen molar-refractivity contribution in [3.05, 3.63) is 35.9 Å². The highest BCUT2D eigenvalue weighted by Crippen LogP contribution is 2.52. The number of carbonyl (C=O) groups is 4. The molecule has 4 aliphatic rings. The smallest absolute Gasteiger partial charge is 0.408 e. The second-order valence-electron chi connectivity index (χ2n) is 16.7. The SMILES string of the molecule is C=CC1C[C@]1(NC(=O)[C@@H]1C[C@@H](Oc2cc(-c3nnc(NC(C)C)s3)nc3c(Cl)c(OC)ccc23)CN1C(=O)C(NC(=O)O[C@@H]1C[C@@H]2C[C@@H]2C1)C(C)(C)C)C(=O)O. The standard InChI is InChI=1S/C39H48ClN7O8S/c1-8-21-16-39(21,35(50)51)44-32(48)26-14-23(17-47(26)34(49)31(38(4,5)6)43-37(52)55-22-12-19-11-20(19)13-22)54-28-15-25(33-45-46-36(56-33)41-18(2)3)42-30-24(28)9-10-27(53-7)29(30)40/h8-10,15,18-23,26,31H,1,11-14,16-17H2,2-7H3,(H,41,46)(H,43,52)(H,44,48)(H,50,51)/t19-,20+,21?,22+,23-,26+,31?,39-/m1/s1. The minimum atomic E-state index is -1.53. The summed E-state index contributed by atoms with van der Waals surface area (Å²) in [6.45, 7) is 13.1. The van der Waals surface area contributed by atoms with E-state index < -0.39 is 58.9 Å². The van der Waals surface area contributed by atoms with Gasteiger partial charge < -0.3 is 40.2 Å². The molecule has 0 radical (unpaired) electrons. The number of nitrogens with one attached hydrogen (secondary N) is 3. The van der Waals surface area contributed by atoms with Crippen molar-refractivity contribution in [2.24, 2.45) is 23.2 Å². The molecular weight excluding hydrogens is 762 g/mol. The number of anilines is 1. The fourth-order valence-corrected chi connectivity index (χ4v) is 9.09. The van der Waals surface area contributed by atoms with Crippen LogP contribution in [0.2, 0.25) is 5.02 Å². The molecule has 3 saturated carbocycles. The number of hydrogen-bond acceptors (Lipinski definition) is 12. The van der Waals surface area contributed by atoms with Crippen LogP contribution in [0.3, 0.4) is 0 Å². The molecule has 3 heterocycles. The lowest BCUT2D eigenvalue weighted by Crippen LogP contribution is -2.59. The van der Waals surface area contributed by atoms with Gasteiger partial charge in [0.15, 0.2) is 5.01 Å². The maximum atomic E-state index is 14.6. The van der Waals surface area contributed by atoms with Crippen molar-refractivity contribution < 1.29 is 38.5 Å². The molecule has 2 unspecified atom stereocenters. The number of carboxylic acid groups (broad SMARTS) is 1. The molecule has 0 spiro atoms. The molecule has 1 aliphatic heterocycles. The Kier molecular flexibility index (Phi) is 10.6. The quantitative estimate of drug-likeness (QED) is 0.155. The summed E-state index contributed by atoms with van der Waals surface area (Å²) in [6, 6.07) is 3.08. The third-order valence-corrected chi connectivity index (χ3v) is 12.4. The maximum Gasteiger partial charge on any atom is 0.408 e. The van der Waals surface area contributed by atoms with Gasteiger partial charge in [0.1, 0.15) is 52.0 Å². The molecule has 2 aromatic heterocycles. The summed E-state index contributed by atoms with van der Waals surface area (Å²) in [5.41, 5.74) is -1.51. The minimum absolute atomic E-state index is 0.0164. The number of nitrogens with zero attached hydrogens (tertiary/aromatic N) is 4. The van der Waals surface area contributed by atoms with Gasteiger partial charge in [-0.2, -0.15) is 0 Å². The Morgan fingerprint density at radius 2 is 1.82 bits per heavy atom. The number of methoxy groups -OCH3 is 1. The second kappa shape index (κ2) is 15.0. The lowest BCUT2D eigenvalue weighted by Gasteiger charge is -2.35. The molecule has 300 valence electrons. The third-order valence-electron chi connectivity index (χ3n) is 11.1. The average molecular weight is 810 g/mol. The molecular formula is C39H48ClN7O8S. The number of ether oxygens (including phenoxy) is 3. The molecule has 8 atom stereocenters. The van der Waals surface area contributed by atoms with Gasteiger partial charge in [0.25, 0.3) is 0 Å². The van der Waals surface area contributed by atoms with Crippen molar-refractivity contribution in [3.8, 4) is 22.2 Å². The Morgan fingerprint density at radius 1 is 1.09 bits per heavy atom. The van der Waals surface area contributed by atoms with E-state index in [1.165, 1.54) is 35.8 Å². The van der Waals surface area contributed by atoms with Gasteiger partial charge in [-0.05, 0) is 68.9 Å². The van der Waals surface area contributed by atoms with E-state index in [-0.39, 0.29) is 36.6 Å². The maximum absolute atomic E-state index is 14.6. The Balaban J connectivity index is 1.20. The van der Waals surface area contributed by atoms with E-state index in [1.54, 1.807) is 18.2 Å². The number of amides is 3. The van der Waals surface area contributed by atoms with E-state index in [9.17, 15) is 24.3 Å². The van der Waals surface area contributed by atoms with Crippen LogP contribution >= 0.6 is 22.9 Å². The normalized spacial score (nSPS) is 27.0. The first kappa shape index (κ1) is 39.5. The molecule has 17 heteroatoms. The van der Waals surface area contributed by atoms with E-state index in [4.69, 9.17) is 30.8 Å². The number of rotatable bonds is 13. The third kappa shape index (κ3) is 7.82. The number of pyridine rings is 1. The van der Waals surface area contributed by atoms with E-state index in [2.05, 4.69) is 32.7 Å². The molecule has 1 saturated heterocycles. The molecule has 1 aromatic carbocycles. The second-order valence-corrected chi connectivity index (χ2v) is 18.0. The van der Waals surface area contributed by atoms with Crippen LogP contribution in [0.1, 0.15) is 66.7 Å². The highest BCUT2D eigenvalue weighted by Gasteiger charge is 2.61. The van der Waals surface area contributed by atoms with E-state index in [1.807, 2.05) is 34.6 Å². The Morgan fingerprint density at radius 3 is 2.45 bits per heavy atom. The van der Waals surface area contributed by atoms with Crippen LogP contribution in [0, 0.1) is 23.2 Å². The highest BCUT2D eigenvalue weighted by molar-refractivity contribution is 7.18. The summed E-state index contributed by atoms with van der Waals surface area (Å²) < 4.78 is 17.9. The van der Waals surface area contributed by atoms with Crippen molar-refractivity contribution in [1.29, 1.82) is 0 Å². The molecule has 15 nitrogen and oxygen atoms in total. The first-order valence-corrected chi connectivity index (χ1v) is 20.1. The number of hydrogen-bond donors (Lipinski definition) is 4. The van der Waals surface area contributed by atoms with Gasteiger partial charge in [0.2, 0.25) is 16.9 Å². The average Bonchev–Trinajstić information content (AvgIpc) is 3.80. The zero-order valence-electron chi connectivity index (χ0n) is 32.3. The van der Waals surface area contributed by atoms with Gasteiger partial charge in [0.05, 0.1) is 19.2 Å². The van der Waals surface area contributed by atoms with Crippen molar-refractivity contribution in [1.82, 2.24) is 30.7 Å². The van der Waals surface area contributed by atoms with Crippen LogP contribution in [0.5, 0.6) is 11.5 Å². The summed E-state index contributed by atoms with van der Waals surface area (Å²) in [7, 11) is 1.50. The molecule has 3 amide bonds. The lowest BCUT2D eigenvalue weighted by atomic mass is 9.85. The summed E-state index contributed by atoms with van der Waals surface area (Å²) >= 11 is 8.10. The predicted octanol–water partition coefficient (Wildman–Crippen LogP) is 5.67. The van der Waals surface area contributed by atoms with E-state index in [0.717, 1.165) is 12.8 Å². The first-order chi connectivity index (χ1) is 26.5. The summed E-state index contributed by atoms with van der Waals surface area (Å²) in [6.07, 6.45) is 2.84. The zero-order chi connectivity index (χ0) is 40.3. The summed E-state index contributed by atoms with van der Waals surface area (Å²) in [5.74, 6) is -0.877. The van der Waals surface area contributed by atoms with Crippen LogP contribution < -0.4 is 25.4 Å². The monoisotopic (exact) mass is 809 g/mol. The number of likely N-dealkylation sites (tertiary alicyclic amines) is 1. The first-order valence-electron chi connectivity index (χ1n) is 18.9. The van der Waals surface area contributed by atoms with Gasteiger partial charge in [-0.15, -0.1) is 16.8 Å². The van der Waals surface area contributed by atoms with E-state index >= 15 is 0 Å². The van der Waals surface area contributed by atoms with Crippen molar-refractivity contribution in [2.75, 3.05) is 19.0 Å². The number of aromatic nitrogens is 3. The Hall–Kier alpha value is -4.70. The van der Waals surface area contributed by atoms with Crippen LogP contribution in [0.25, 0.3) is 21.6 Å². The molecule has 56 heavy (non-hydrogen) atoms. The molecule has 4 N–H and O–H groups in total. The van der Waals surface area contributed by atoms with E-state index in [0.29, 0.717) is 50.1 Å². The largest absolute Gasteiger partial charge is 0.495 e. The summed E-state index contributed by atoms with van der Waals surface area (Å²) in [4.78, 5) is 60.6. The topological polar surface area (TPSA) is 194 Å². The molecule has 0 bridgehead atoms. The predicted molar refractivity (Wildman–Crippen MR) is 210 cm³/mol. The number of aliphatic carboxylic acids is 1. The molecule has 3 aromatic rings. The van der Waals surface area contributed by atoms with Crippen LogP contribution in [0.15, 0.2) is 30.9 Å². The van der Waals surface area contributed by atoms with Gasteiger partial charge >= 0.3 is 12.1 Å². The van der Waals surface area contributed by atoms with Gasteiger partial charge in [-0.1, -0.05) is 49.8 Å². The number of carboxylic acids is 1. The van der Waals surface area contributed by atoms with Gasteiger partial charge in [-0.3, -0.25) is 9.59 Å². The fraction of sp³-hybridized carbons (Fsp3) is 0.564. The number of alkyl carbamates (subject to hydrolysis) is 1. The van der Waals surface area contributed by atoms with Crippen LogP contribution in [-0.4, -0.2) is 98.6 Å². The molecule has 7 rings (SSSR count). The van der Waals surface area contributed by atoms with Gasteiger partial charge in [-0.25, -0.2) is 14.6 Å². The minimum Gasteiger partial charge on any atom is -0.495 e. The fourth-order valence-electron chi connectivity index (χ4n) is 7.95. The Bertz CT molecular complexity index is 2060. The molecule has 3 aliphatic carbocycles. The van der Waals surface area contributed by atoms with Crippen LogP contribution in [0.4, 0.5) is 9.93 Å². The number of carbonyl (C=O) groups excluding carboxylic acids is 3. The molecule has 4 fully saturated rings. The lowest BCUT2D eigenvalue weighted by molar-refractivity contribution is -0.146.